The molecule has 98 valence electrons. The van der Waals surface area contributed by atoms with Gasteiger partial charge in [-0.2, -0.15) is 0 Å². The van der Waals surface area contributed by atoms with E-state index in [0.717, 1.165) is 25.7 Å². The first kappa shape index (κ1) is 12.7. The van der Waals surface area contributed by atoms with Gasteiger partial charge in [0.25, 0.3) is 5.91 Å². The van der Waals surface area contributed by atoms with Crippen molar-refractivity contribution in [2.75, 3.05) is 0 Å². The zero-order chi connectivity index (χ0) is 13.0. The summed E-state index contributed by atoms with van der Waals surface area (Å²) in [5.41, 5.74) is 0.138. The van der Waals surface area contributed by atoms with Crippen LogP contribution in [0.4, 0.5) is 0 Å². The van der Waals surface area contributed by atoms with Crippen molar-refractivity contribution in [3.63, 3.8) is 0 Å². The molecule has 1 aliphatic carbocycles. The normalized spacial score (nSPS) is 17.1. The van der Waals surface area contributed by atoms with Crippen LogP contribution < -0.4 is 5.32 Å². The summed E-state index contributed by atoms with van der Waals surface area (Å²) in [5.74, 6) is -0.914. The quantitative estimate of drug-likeness (QED) is 0.557. The molecule has 1 aromatic rings. The van der Waals surface area contributed by atoms with Gasteiger partial charge in [0, 0.05) is 6.04 Å². The van der Waals surface area contributed by atoms with Gasteiger partial charge in [-0.05, 0) is 25.0 Å². The molecule has 0 aromatic heterocycles. The Morgan fingerprint density at radius 1 is 1.11 bits per heavy atom. The van der Waals surface area contributed by atoms with Crippen molar-refractivity contribution < 1.29 is 15.0 Å². The fourth-order valence-electron chi connectivity index (χ4n) is 2.40. The molecule has 0 unspecified atom stereocenters. The van der Waals surface area contributed by atoms with Crippen LogP contribution in [0, 0.1) is 0 Å². The molecule has 0 bridgehead atoms. The van der Waals surface area contributed by atoms with E-state index in [0.29, 0.717) is 0 Å². The van der Waals surface area contributed by atoms with Gasteiger partial charge in [0.15, 0.2) is 11.5 Å². The average molecular weight is 249 g/mol. The molecule has 0 radical (unpaired) electrons. The Morgan fingerprint density at radius 2 is 1.78 bits per heavy atom. The third kappa shape index (κ3) is 2.94. The summed E-state index contributed by atoms with van der Waals surface area (Å²) in [6, 6.07) is 4.61. The lowest BCUT2D eigenvalue weighted by Crippen LogP contribution is -2.34. The fraction of sp³-hybridized carbons (Fsp3) is 0.500. The Labute approximate surface area is 107 Å². The molecule has 0 saturated heterocycles. The Kier molecular flexibility index (Phi) is 4.07. The van der Waals surface area contributed by atoms with Crippen molar-refractivity contribution in [1.82, 2.24) is 5.32 Å². The number of para-hydroxylation sites is 1. The maximum absolute atomic E-state index is 12.0. The number of nitrogens with one attached hydrogen (secondary N) is 1. The van der Waals surface area contributed by atoms with Gasteiger partial charge in [-0.1, -0.05) is 31.7 Å². The highest BCUT2D eigenvalue weighted by atomic mass is 16.3. The van der Waals surface area contributed by atoms with Crippen molar-refractivity contribution in [3.8, 4) is 11.5 Å². The van der Waals surface area contributed by atoms with Gasteiger partial charge in [-0.25, -0.2) is 0 Å². The molecule has 1 aromatic carbocycles. The first-order valence-electron chi connectivity index (χ1n) is 6.50. The van der Waals surface area contributed by atoms with Gasteiger partial charge >= 0.3 is 0 Å². The molecule has 4 nitrogen and oxygen atoms in total. The summed E-state index contributed by atoms with van der Waals surface area (Å²) in [4.78, 5) is 12.0. The van der Waals surface area contributed by atoms with E-state index >= 15 is 0 Å². The molecule has 1 amide bonds. The highest BCUT2D eigenvalue weighted by molar-refractivity contribution is 5.97. The van der Waals surface area contributed by atoms with E-state index in [2.05, 4.69) is 5.32 Å². The third-order valence-corrected chi connectivity index (χ3v) is 3.45. The van der Waals surface area contributed by atoms with Crippen molar-refractivity contribution in [2.24, 2.45) is 0 Å². The summed E-state index contributed by atoms with van der Waals surface area (Å²) < 4.78 is 0. The summed E-state index contributed by atoms with van der Waals surface area (Å²) >= 11 is 0. The number of rotatable bonds is 2. The molecule has 0 atom stereocenters. The zero-order valence-corrected chi connectivity index (χ0v) is 10.4. The summed E-state index contributed by atoms with van der Waals surface area (Å²) in [5, 5.41) is 21.9. The molecule has 2 rings (SSSR count). The molecule has 18 heavy (non-hydrogen) atoms. The molecule has 0 aliphatic heterocycles. The highest BCUT2D eigenvalue weighted by Gasteiger charge is 2.18. The third-order valence-electron chi connectivity index (χ3n) is 3.45. The van der Waals surface area contributed by atoms with E-state index in [9.17, 15) is 15.0 Å². The van der Waals surface area contributed by atoms with Crippen LogP contribution in [0.25, 0.3) is 0 Å². The Balaban J connectivity index is 2.04. The van der Waals surface area contributed by atoms with Crippen molar-refractivity contribution in [2.45, 2.75) is 44.6 Å². The minimum atomic E-state index is -0.344. The van der Waals surface area contributed by atoms with Gasteiger partial charge in [0.1, 0.15) is 0 Å². The predicted octanol–water partition coefficient (Wildman–Crippen LogP) is 2.55. The molecule has 1 fully saturated rings. The number of carbonyl (C=O) groups excluding carboxylic acids is 1. The highest BCUT2D eigenvalue weighted by Crippen LogP contribution is 2.28. The predicted molar refractivity (Wildman–Crippen MR) is 68.7 cm³/mol. The number of phenols is 2. The Morgan fingerprint density at radius 3 is 2.44 bits per heavy atom. The molecule has 1 saturated carbocycles. The number of carbonyl (C=O) groups is 1. The average Bonchev–Trinajstić information content (AvgIpc) is 2.61. The molecule has 3 N–H and O–H groups in total. The lowest BCUT2D eigenvalue weighted by Gasteiger charge is -2.16. The molecule has 1 aliphatic rings. The smallest absolute Gasteiger partial charge is 0.255 e. The molecule has 0 heterocycles. The maximum Gasteiger partial charge on any atom is 0.255 e. The number of hydrogen-bond donors (Lipinski definition) is 3. The van der Waals surface area contributed by atoms with E-state index < -0.39 is 0 Å². The van der Waals surface area contributed by atoms with E-state index in [1.54, 1.807) is 6.07 Å². The summed E-state index contributed by atoms with van der Waals surface area (Å²) in [6.07, 6.45) is 6.71. The number of aromatic hydroxyl groups is 2. The monoisotopic (exact) mass is 249 g/mol. The number of hydrogen-bond acceptors (Lipinski definition) is 3. The topological polar surface area (TPSA) is 69.6 Å². The van der Waals surface area contributed by atoms with Crippen LogP contribution in [0.15, 0.2) is 18.2 Å². The van der Waals surface area contributed by atoms with Crippen LogP contribution in [-0.4, -0.2) is 22.2 Å². The number of phenolic OH excluding ortho intramolecular Hbond substituents is 2. The largest absolute Gasteiger partial charge is 0.504 e. The van der Waals surface area contributed by atoms with Crippen molar-refractivity contribution in [3.05, 3.63) is 23.8 Å². The van der Waals surface area contributed by atoms with Crippen LogP contribution in [0.3, 0.4) is 0 Å². The minimum absolute atomic E-state index is 0.138. The van der Waals surface area contributed by atoms with Gasteiger partial charge in [0.05, 0.1) is 5.56 Å². The summed E-state index contributed by atoms with van der Waals surface area (Å²) in [7, 11) is 0. The molecular formula is C14H19NO3. The van der Waals surface area contributed by atoms with Crippen LogP contribution in [0.1, 0.15) is 48.9 Å². The SMILES string of the molecule is O=C(NC1CCCCCC1)c1cccc(O)c1O. The standard InChI is InChI=1S/C14H19NO3/c16-12-9-5-8-11(13(12)17)14(18)15-10-6-3-1-2-4-7-10/h5,8-10,16-17H,1-4,6-7H2,(H,15,18). The first-order chi connectivity index (χ1) is 8.68. The van der Waals surface area contributed by atoms with Crippen molar-refractivity contribution in [1.29, 1.82) is 0 Å². The first-order valence-corrected chi connectivity index (χ1v) is 6.50. The van der Waals surface area contributed by atoms with Gasteiger partial charge < -0.3 is 15.5 Å². The number of benzene rings is 1. The second-order valence-electron chi connectivity index (χ2n) is 4.84. The maximum atomic E-state index is 12.0. The van der Waals surface area contributed by atoms with E-state index in [1.807, 2.05) is 0 Å². The Bertz CT molecular complexity index is 423. The van der Waals surface area contributed by atoms with Crippen LogP contribution in [-0.2, 0) is 0 Å². The van der Waals surface area contributed by atoms with Crippen LogP contribution in [0.5, 0.6) is 11.5 Å². The van der Waals surface area contributed by atoms with Crippen LogP contribution >= 0.6 is 0 Å². The van der Waals surface area contributed by atoms with Crippen molar-refractivity contribution >= 4 is 5.91 Å². The van der Waals surface area contributed by atoms with Crippen LogP contribution in [0.2, 0.25) is 0 Å². The second-order valence-corrected chi connectivity index (χ2v) is 4.84. The number of amides is 1. The van der Waals surface area contributed by atoms with Gasteiger partial charge in [0.2, 0.25) is 0 Å². The second kappa shape index (κ2) is 5.76. The fourth-order valence-corrected chi connectivity index (χ4v) is 2.40. The minimum Gasteiger partial charge on any atom is -0.504 e. The van der Waals surface area contributed by atoms with Gasteiger partial charge in [-0.15, -0.1) is 0 Å². The lowest BCUT2D eigenvalue weighted by molar-refractivity contribution is 0.0930. The molecule has 4 heteroatoms. The van der Waals surface area contributed by atoms with Gasteiger partial charge in [-0.3, -0.25) is 4.79 Å². The van der Waals surface area contributed by atoms with E-state index in [4.69, 9.17) is 0 Å². The Hall–Kier alpha value is -1.71. The van der Waals surface area contributed by atoms with E-state index in [-0.39, 0.29) is 29.0 Å². The lowest BCUT2D eigenvalue weighted by atomic mass is 10.1. The zero-order valence-electron chi connectivity index (χ0n) is 10.4. The molecule has 0 spiro atoms. The summed E-state index contributed by atoms with van der Waals surface area (Å²) in [6.45, 7) is 0. The van der Waals surface area contributed by atoms with E-state index in [1.165, 1.54) is 25.0 Å². The molecular weight excluding hydrogens is 230 g/mol.